The number of carbonyl (C=O) groups excluding carboxylic acids is 1. The van der Waals surface area contributed by atoms with Crippen LogP contribution < -0.4 is 0 Å². The average Bonchev–Trinajstić information content (AvgIpc) is 2.29. The Hall–Kier alpha value is -1.46. The number of aryl methyl sites for hydroxylation is 1. The zero-order valence-electron chi connectivity index (χ0n) is 9.34. The number of methoxy groups -OCH3 is 1. The van der Waals surface area contributed by atoms with Gasteiger partial charge in [-0.1, -0.05) is 17.9 Å². The molecule has 0 aromatic heterocycles. The van der Waals surface area contributed by atoms with Crippen molar-refractivity contribution >= 4 is 17.6 Å². The lowest BCUT2D eigenvalue weighted by Gasteiger charge is -2.03. The normalized spacial score (nSPS) is 9.19. The van der Waals surface area contributed by atoms with E-state index in [0.717, 1.165) is 5.56 Å². The maximum Gasteiger partial charge on any atom is 0.339 e. The first kappa shape index (κ1) is 12.6. The monoisotopic (exact) mass is 236 g/mol. The van der Waals surface area contributed by atoms with E-state index in [1.807, 2.05) is 19.1 Å². The SMILES string of the molecule is COC(=O)c1ccc(C)cc1C#CCCCl. The highest BCUT2D eigenvalue weighted by atomic mass is 35.5. The molecule has 2 nitrogen and oxygen atoms in total. The third-order valence-corrected chi connectivity index (χ3v) is 2.21. The molecule has 0 aliphatic carbocycles. The summed E-state index contributed by atoms with van der Waals surface area (Å²) in [4.78, 5) is 11.5. The van der Waals surface area contributed by atoms with Crippen LogP contribution in [0.4, 0.5) is 0 Å². The van der Waals surface area contributed by atoms with Crippen LogP contribution >= 0.6 is 11.6 Å². The Labute approximate surface area is 101 Å². The van der Waals surface area contributed by atoms with Gasteiger partial charge >= 0.3 is 5.97 Å². The lowest BCUT2D eigenvalue weighted by Crippen LogP contribution is -2.04. The second-order valence-corrected chi connectivity index (χ2v) is 3.66. The number of hydrogen-bond donors (Lipinski definition) is 0. The van der Waals surface area contributed by atoms with Crippen LogP contribution in [0.3, 0.4) is 0 Å². The van der Waals surface area contributed by atoms with Crippen molar-refractivity contribution in [3.63, 3.8) is 0 Å². The van der Waals surface area contributed by atoms with E-state index in [-0.39, 0.29) is 5.97 Å². The molecule has 0 radical (unpaired) electrons. The number of benzene rings is 1. The van der Waals surface area contributed by atoms with Gasteiger partial charge in [-0.3, -0.25) is 0 Å². The molecule has 1 rings (SSSR count). The molecule has 0 N–H and O–H groups in total. The van der Waals surface area contributed by atoms with Crippen molar-refractivity contribution in [3.05, 3.63) is 34.9 Å². The molecular formula is C13H13ClO2. The van der Waals surface area contributed by atoms with E-state index < -0.39 is 0 Å². The van der Waals surface area contributed by atoms with Gasteiger partial charge in [0.2, 0.25) is 0 Å². The summed E-state index contributed by atoms with van der Waals surface area (Å²) in [5.41, 5.74) is 2.25. The molecule has 0 fully saturated rings. The number of rotatable bonds is 2. The van der Waals surface area contributed by atoms with Crippen LogP contribution in [0.15, 0.2) is 18.2 Å². The summed E-state index contributed by atoms with van der Waals surface area (Å²) in [5, 5.41) is 0. The number of alkyl halides is 1. The lowest BCUT2D eigenvalue weighted by molar-refractivity contribution is 0.0600. The fraction of sp³-hybridized carbons (Fsp3) is 0.308. The average molecular weight is 237 g/mol. The molecule has 0 bridgehead atoms. The van der Waals surface area contributed by atoms with Gasteiger partial charge in [0.05, 0.1) is 12.7 Å². The molecule has 0 amide bonds. The van der Waals surface area contributed by atoms with Gasteiger partial charge < -0.3 is 4.74 Å². The minimum Gasteiger partial charge on any atom is -0.465 e. The van der Waals surface area contributed by atoms with E-state index in [0.29, 0.717) is 23.4 Å². The minimum absolute atomic E-state index is 0.366. The molecule has 0 saturated heterocycles. The van der Waals surface area contributed by atoms with E-state index >= 15 is 0 Å². The lowest BCUT2D eigenvalue weighted by atomic mass is 10.0. The van der Waals surface area contributed by atoms with E-state index in [1.165, 1.54) is 7.11 Å². The van der Waals surface area contributed by atoms with Gasteiger partial charge in [0.25, 0.3) is 0 Å². The summed E-state index contributed by atoms with van der Waals surface area (Å²) in [5.74, 6) is 5.97. The number of halogens is 1. The smallest absolute Gasteiger partial charge is 0.339 e. The summed E-state index contributed by atoms with van der Waals surface area (Å²) in [7, 11) is 1.36. The van der Waals surface area contributed by atoms with Crippen molar-refractivity contribution in [2.24, 2.45) is 0 Å². The molecule has 1 aromatic carbocycles. The van der Waals surface area contributed by atoms with Gasteiger partial charge in [0.15, 0.2) is 0 Å². The van der Waals surface area contributed by atoms with E-state index in [2.05, 4.69) is 11.8 Å². The van der Waals surface area contributed by atoms with E-state index in [9.17, 15) is 4.79 Å². The van der Waals surface area contributed by atoms with Crippen LogP contribution in [0, 0.1) is 18.8 Å². The van der Waals surface area contributed by atoms with E-state index in [1.54, 1.807) is 6.07 Å². The molecule has 0 atom stereocenters. The van der Waals surface area contributed by atoms with Crippen LogP contribution in [0.2, 0.25) is 0 Å². The molecule has 0 aliphatic rings. The van der Waals surface area contributed by atoms with Gasteiger partial charge in [-0.15, -0.1) is 11.6 Å². The van der Waals surface area contributed by atoms with Gasteiger partial charge in [-0.05, 0) is 24.6 Å². The van der Waals surface area contributed by atoms with Gasteiger partial charge in [-0.25, -0.2) is 4.79 Å². The van der Waals surface area contributed by atoms with Crippen molar-refractivity contribution in [2.75, 3.05) is 13.0 Å². The maximum atomic E-state index is 11.5. The zero-order chi connectivity index (χ0) is 12.0. The van der Waals surface area contributed by atoms with Crippen molar-refractivity contribution in [2.45, 2.75) is 13.3 Å². The highest BCUT2D eigenvalue weighted by Crippen LogP contribution is 2.11. The molecule has 0 aliphatic heterocycles. The van der Waals surface area contributed by atoms with Crippen LogP contribution in [-0.2, 0) is 4.74 Å². The first-order valence-corrected chi connectivity index (χ1v) is 5.46. The Kier molecular flexibility index (Phi) is 4.88. The number of carbonyl (C=O) groups is 1. The van der Waals surface area contributed by atoms with Gasteiger partial charge in [-0.2, -0.15) is 0 Å². The van der Waals surface area contributed by atoms with Crippen molar-refractivity contribution < 1.29 is 9.53 Å². The molecule has 0 saturated carbocycles. The summed E-state index contributed by atoms with van der Waals surface area (Å²) < 4.78 is 4.69. The number of ether oxygens (including phenoxy) is 1. The molecule has 84 valence electrons. The standard InChI is InChI=1S/C13H13ClO2/c1-10-6-7-12(13(15)16-2)11(9-10)5-3-4-8-14/h6-7,9H,4,8H2,1-2H3. The van der Waals surface area contributed by atoms with Crippen LogP contribution in [-0.4, -0.2) is 19.0 Å². The van der Waals surface area contributed by atoms with Gasteiger partial charge in [0, 0.05) is 17.9 Å². The Morgan fingerprint density at radius 2 is 2.25 bits per heavy atom. The highest BCUT2D eigenvalue weighted by molar-refractivity contribution is 6.18. The van der Waals surface area contributed by atoms with E-state index in [4.69, 9.17) is 16.3 Å². The van der Waals surface area contributed by atoms with Crippen molar-refractivity contribution in [1.82, 2.24) is 0 Å². The van der Waals surface area contributed by atoms with Crippen molar-refractivity contribution in [1.29, 1.82) is 0 Å². The summed E-state index contributed by atoms with van der Waals surface area (Å²) in [6.07, 6.45) is 0.607. The quantitative estimate of drug-likeness (QED) is 0.448. The maximum absolute atomic E-state index is 11.5. The largest absolute Gasteiger partial charge is 0.465 e. The fourth-order valence-electron chi connectivity index (χ4n) is 1.25. The molecule has 16 heavy (non-hydrogen) atoms. The van der Waals surface area contributed by atoms with Gasteiger partial charge in [0.1, 0.15) is 0 Å². The number of hydrogen-bond acceptors (Lipinski definition) is 2. The molecule has 0 heterocycles. The van der Waals surface area contributed by atoms with Crippen molar-refractivity contribution in [3.8, 4) is 11.8 Å². The molecular weight excluding hydrogens is 224 g/mol. The predicted octanol–water partition coefficient (Wildman–Crippen LogP) is 2.76. The summed E-state index contributed by atoms with van der Waals surface area (Å²) in [6, 6.07) is 5.46. The van der Waals surface area contributed by atoms with Crippen LogP contribution in [0.5, 0.6) is 0 Å². The molecule has 1 aromatic rings. The first-order valence-electron chi connectivity index (χ1n) is 4.93. The Balaban J connectivity index is 3.09. The fourth-order valence-corrected chi connectivity index (χ4v) is 1.35. The second-order valence-electron chi connectivity index (χ2n) is 3.28. The topological polar surface area (TPSA) is 26.3 Å². The Bertz CT molecular complexity index is 441. The van der Waals surface area contributed by atoms with Crippen LogP contribution in [0.25, 0.3) is 0 Å². The van der Waals surface area contributed by atoms with Crippen LogP contribution in [0.1, 0.15) is 27.9 Å². The molecule has 3 heteroatoms. The summed E-state index contributed by atoms with van der Waals surface area (Å²) in [6.45, 7) is 1.95. The second kappa shape index (κ2) is 6.19. The molecule has 0 spiro atoms. The Morgan fingerprint density at radius 1 is 1.50 bits per heavy atom. The minimum atomic E-state index is -0.366. The highest BCUT2D eigenvalue weighted by Gasteiger charge is 2.09. The third-order valence-electron chi connectivity index (χ3n) is 2.02. The summed E-state index contributed by atoms with van der Waals surface area (Å²) >= 11 is 5.53. The zero-order valence-corrected chi connectivity index (χ0v) is 10.1. The third kappa shape index (κ3) is 3.29. The predicted molar refractivity (Wildman–Crippen MR) is 64.7 cm³/mol. The molecule has 0 unspecified atom stereocenters. The Morgan fingerprint density at radius 3 is 2.88 bits per heavy atom. The number of esters is 1. The first-order chi connectivity index (χ1) is 7.69.